The molecular weight excluding hydrogens is 218 g/mol. The molecule has 1 aliphatic carbocycles. The summed E-state index contributed by atoms with van der Waals surface area (Å²) in [5, 5.41) is 12.0. The molecule has 1 fully saturated rings. The van der Waals surface area contributed by atoms with E-state index in [2.05, 4.69) is 24.1 Å². The van der Waals surface area contributed by atoms with Crippen LogP contribution in [0.3, 0.4) is 0 Å². The van der Waals surface area contributed by atoms with E-state index in [1.807, 2.05) is 0 Å². The molecule has 1 atom stereocenters. The lowest BCUT2D eigenvalue weighted by molar-refractivity contribution is 0.0690. The molecule has 1 unspecified atom stereocenters. The van der Waals surface area contributed by atoms with Crippen LogP contribution in [0.4, 0.5) is 11.5 Å². The topological polar surface area (TPSA) is 88.2 Å². The first-order valence-corrected chi connectivity index (χ1v) is 5.64. The van der Waals surface area contributed by atoms with Crippen molar-refractivity contribution in [3.8, 4) is 0 Å². The van der Waals surface area contributed by atoms with Crippen LogP contribution in [-0.4, -0.2) is 22.6 Å². The Hall–Kier alpha value is -1.78. The van der Waals surface area contributed by atoms with Crippen LogP contribution >= 0.6 is 0 Å². The first kappa shape index (κ1) is 11.7. The number of anilines is 2. The highest BCUT2D eigenvalue weighted by molar-refractivity contribution is 5.86. The predicted molar refractivity (Wildman–Crippen MR) is 66.0 cm³/mol. The van der Waals surface area contributed by atoms with E-state index < -0.39 is 5.97 Å². The minimum absolute atomic E-state index is 0.0109. The zero-order valence-electron chi connectivity index (χ0n) is 10.0. The summed E-state index contributed by atoms with van der Waals surface area (Å²) in [6, 6.07) is 2.97. The maximum absolute atomic E-state index is 10.8. The molecule has 0 bridgehead atoms. The van der Waals surface area contributed by atoms with E-state index in [1.54, 1.807) is 6.07 Å². The Morgan fingerprint density at radius 2 is 2.29 bits per heavy atom. The minimum Gasteiger partial charge on any atom is -0.477 e. The maximum Gasteiger partial charge on any atom is 0.354 e. The van der Waals surface area contributed by atoms with Gasteiger partial charge in [-0.05, 0) is 29.9 Å². The molecule has 5 nitrogen and oxygen atoms in total. The molecule has 1 heterocycles. The number of nitrogens with zero attached hydrogens (tertiary/aromatic N) is 1. The number of rotatable bonds is 4. The van der Waals surface area contributed by atoms with Crippen molar-refractivity contribution in [1.82, 2.24) is 4.98 Å². The van der Waals surface area contributed by atoms with E-state index in [0.717, 1.165) is 6.54 Å². The molecule has 0 spiro atoms. The molecule has 2 rings (SSSR count). The molecule has 0 saturated heterocycles. The average molecular weight is 235 g/mol. The van der Waals surface area contributed by atoms with Gasteiger partial charge in [-0.1, -0.05) is 13.8 Å². The number of nitrogen functional groups attached to an aromatic ring is 1. The van der Waals surface area contributed by atoms with Crippen LogP contribution in [0.25, 0.3) is 0 Å². The zero-order valence-corrected chi connectivity index (χ0v) is 10.0. The van der Waals surface area contributed by atoms with Crippen molar-refractivity contribution in [3.63, 3.8) is 0 Å². The number of nitrogens with one attached hydrogen (secondary N) is 1. The number of carboxylic acids is 1. The summed E-state index contributed by atoms with van der Waals surface area (Å²) in [6.07, 6.45) is 1.18. The number of carboxylic acid groups (broad SMARTS) is 1. The van der Waals surface area contributed by atoms with Crippen molar-refractivity contribution < 1.29 is 9.90 Å². The second-order valence-corrected chi connectivity index (χ2v) is 5.21. The first-order chi connectivity index (χ1) is 7.90. The van der Waals surface area contributed by atoms with Crippen molar-refractivity contribution in [2.24, 2.45) is 11.3 Å². The number of aromatic nitrogens is 1. The van der Waals surface area contributed by atoms with E-state index in [4.69, 9.17) is 10.8 Å². The first-order valence-electron chi connectivity index (χ1n) is 5.64. The van der Waals surface area contributed by atoms with Gasteiger partial charge >= 0.3 is 5.97 Å². The van der Waals surface area contributed by atoms with Crippen LogP contribution in [0.15, 0.2) is 12.1 Å². The largest absolute Gasteiger partial charge is 0.477 e. The summed E-state index contributed by atoms with van der Waals surface area (Å²) in [5.74, 6) is 0.0320. The normalized spacial score (nSPS) is 20.9. The summed E-state index contributed by atoms with van der Waals surface area (Å²) < 4.78 is 0. The fraction of sp³-hybridized carbons (Fsp3) is 0.500. The van der Waals surface area contributed by atoms with Gasteiger partial charge in [-0.25, -0.2) is 9.78 Å². The molecule has 4 N–H and O–H groups in total. The van der Waals surface area contributed by atoms with Gasteiger partial charge in [-0.15, -0.1) is 0 Å². The quantitative estimate of drug-likeness (QED) is 0.740. The lowest BCUT2D eigenvalue weighted by atomic mass is 10.1. The van der Waals surface area contributed by atoms with Gasteiger partial charge in [-0.3, -0.25) is 0 Å². The summed E-state index contributed by atoms with van der Waals surface area (Å²) in [6.45, 7) is 5.21. The van der Waals surface area contributed by atoms with Gasteiger partial charge in [0.25, 0.3) is 0 Å². The Labute approximate surface area is 100 Å². The smallest absolute Gasteiger partial charge is 0.354 e. The second kappa shape index (κ2) is 3.91. The Morgan fingerprint density at radius 3 is 2.82 bits per heavy atom. The van der Waals surface area contributed by atoms with E-state index in [-0.39, 0.29) is 5.69 Å². The third-order valence-corrected chi connectivity index (χ3v) is 3.38. The molecule has 1 aliphatic rings. The van der Waals surface area contributed by atoms with E-state index >= 15 is 0 Å². The third kappa shape index (κ3) is 2.49. The molecule has 1 aromatic heterocycles. The number of pyridine rings is 1. The third-order valence-electron chi connectivity index (χ3n) is 3.38. The summed E-state index contributed by atoms with van der Waals surface area (Å²) in [5.41, 5.74) is 6.62. The SMILES string of the molecule is CC1(C)CC1CNc1nc(C(=O)O)ccc1N. The highest BCUT2D eigenvalue weighted by Gasteiger charge is 2.45. The van der Waals surface area contributed by atoms with Crippen LogP contribution in [0.1, 0.15) is 30.8 Å². The maximum atomic E-state index is 10.8. The Morgan fingerprint density at radius 1 is 1.65 bits per heavy atom. The van der Waals surface area contributed by atoms with Crippen LogP contribution in [0.2, 0.25) is 0 Å². The number of hydrogen-bond acceptors (Lipinski definition) is 4. The molecule has 1 aromatic rings. The van der Waals surface area contributed by atoms with E-state index in [1.165, 1.54) is 12.5 Å². The summed E-state index contributed by atoms with van der Waals surface area (Å²) >= 11 is 0. The van der Waals surface area contributed by atoms with Crippen molar-refractivity contribution in [2.75, 3.05) is 17.6 Å². The molecule has 0 radical (unpaired) electrons. The summed E-state index contributed by atoms with van der Waals surface area (Å²) in [4.78, 5) is 14.8. The molecule has 1 saturated carbocycles. The van der Waals surface area contributed by atoms with E-state index in [9.17, 15) is 4.79 Å². The highest BCUT2D eigenvalue weighted by atomic mass is 16.4. The van der Waals surface area contributed by atoms with Crippen LogP contribution < -0.4 is 11.1 Å². The van der Waals surface area contributed by atoms with Gasteiger partial charge in [0, 0.05) is 6.54 Å². The van der Waals surface area contributed by atoms with Gasteiger partial charge in [0.2, 0.25) is 0 Å². The molecule has 5 heteroatoms. The number of nitrogens with two attached hydrogens (primary N) is 1. The standard InChI is InChI=1S/C12H17N3O2/c1-12(2)5-7(12)6-14-10-8(13)3-4-9(15-10)11(16)17/h3-4,7H,5-6,13H2,1-2H3,(H,14,15)(H,16,17). The lowest BCUT2D eigenvalue weighted by Crippen LogP contribution is -2.12. The Bertz CT molecular complexity index is 457. The predicted octanol–water partition coefficient (Wildman–Crippen LogP) is 1.82. The van der Waals surface area contributed by atoms with Gasteiger partial charge in [0.05, 0.1) is 5.69 Å². The fourth-order valence-corrected chi connectivity index (χ4v) is 1.88. The Kier molecular flexibility index (Phi) is 2.69. The monoisotopic (exact) mass is 235 g/mol. The van der Waals surface area contributed by atoms with E-state index in [0.29, 0.717) is 22.8 Å². The van der Waals surface area contributed by atoms with Gasteiger partial charge in [-0.2, -0.15) is 0 Å². The minimum atomic E-state index is -1.04. The van der Waals surface area contributed by atoms with Crippen molar-refractivity contribution in [3.05, 3.63) is 17.8 Å². The molecule has 0 aliphatic heterocycles. The van der Waals surface area contributed by atoms with Crippen LogP contribution in [0.5, 0.6) is 0 Å². The second-order valence-electron chi connectivity index (χ2n) is 5.21. The molecular formula is C12H17N3O2. The summed E-state index contributed by atoms with van der Waals surface area (Å²) in [7, 11) is 0. The Balaban J connectivity index is 2.04. The fourth-order valence-electron chi connectivity index (χ4n) is 1.88. The number of aromatic carboxylic acids is 1. The molecule has 92 valence electrons. The van der Waals surface area contributed by atoms with Crippen LogP contribution in [0, 0.1) is 11.3 Å². The van der Waals surface area contributed by atoms with Crippen molar-refractivity contribution in [2.45, 2.75) is 20.3 Å². The average Bonchev–Trinajstić information content (AvgIpc) is 2.85. The van der Waals surface area contributed by atoms with Gasteiger partial charge < -0.3 is 16.2 Å². The van der Waals surface area contributed by atoms with Crippen molar-refractivity contribution >= 4 is 17.5 Å². The molecule has 0 amide bonds. The van der Waals surface area contributed by atoms with Gasteiger partial charge in [0.15, 0.2) is 5.69 Å². The highest BCUT2D eigenvalue weighted by Crippen LogP contribution is 2.51. The number of carbonyl (C=O) groups is 1. The van der Waals surface area contributed by atoms with Crippen LogP contribution in [-0.2, 0) is 0 Å². The van der Waals surface area contributed by atoms with Crippen molar-refractivity contribution in [1.29, 1.82) is 0 Å². The molecule has 0 aromatic carbocycles. The molecule has 17 heavy (non-hydrogen) atoms. The zero-order chi connectivity index (χ0) is 12.6. The number of hydrogen-bond donors (Lipinski definition) is 3. The van der Waals surface area contributed by atoms with Gasteiger partial charge in [0.1, 0.15) is 5.82 Å². The lowest BCUT2D eigenvalue weighted by Gasteiger charge is -2.09.